The SMILES string of the molecule is Cc1ccc(-c2occ(C(N)=O)c2C(N)=O)cc1. The first-order chi connectivity index (χ1) is 8.50. The Balaban J connectivity index is 2.61. The molecule has 0 aliphatic heterocycles. The van der Waals surface area contributed by atoms with Gasteiger partial charge in [0.2, 0.25) is 0 Å². The first kappa shape index (κ1) is 11.9. The molecule has 2 aromatic rings. The second kappa shape index (κ2) is 4.37. The highest BCUT2D eigenvalue weighted by molar-refractivity contribution is 6.09. The highest BCUT2D eigenvalue weighted by Crippen LogP contribution is 2.28. The van der Waals surface area contributed by atoms with Crippen molar-refractivity contribution in [2.75, 3.05) is 0 Å². The second-order valence-corrected chi connectivity index (χ2v) is 3.95. The molecule has 0 aliphatic carbocycles. The number of primary amides is 2. The summed E-state index contributed by atoms with van der Waals surface area (Å²) in [5.74, 6) is -1.23. The average molecular weight is 244 g/mol. The van der Waals surface area contributed by atoms with E-state index in [9.17, 15) is 9.59 Å². The fourth-order valence-electron chi connectivity index (χ4n) is 1.70. The van der Waals surface area contributed by atoms with Crippen molar-refractivity contribution in [1.82, 2.24) is 0 Å². The topological polar surface area (TPSA) is 99.3 Å². The molecular formula is C13H12N2O3. The van der Waals surface area contributed by atoms with Crippen LogP contribution in [0.2, 0.25) is 0 Å². The highest BCUT2D eigenvalue weighted by Gasteiger charge is 2.22. The van der Waals surface area contributed by atoms with Crippen molar-refractivity contribution in [3.63, 3.8) is 0 Å². The molecule has 2 amide bonds. The zero-order valence-electron chi connectivity index (χ0n) is 9.77. The smallest absolute Gasteiger partial charge is 0.253 e. The van der Waals surface area contributed by atoms with Gasteiger partial charge in [-0.1, -0.05) is 29.8 Å². The number of amides is 2. The Morgan fingerprint density at radius 3 is 2.17 bits per heavy atom. The molecule has 1 aromatic carbocycles. The van der Waals surface area contributed by atoms with Crippen molar-refractivity contribution in [2.24, 2.45) is 11.5 Å². The number of rotatable bonds is 3. The van der Waals surface area contributed by atoms with Crippen LogP contribution in [0.15, 0.2) is 34.9 Å². The number of hydrogen-bond acceptors (Lipinski definition) is 3. The molecule has 0 saturated heterocycles. The summed E-state index contributed by atoms with van der Waals surface area (Å²) >= 11 is 0. The molecule has 0 saturated carbocycles. The molecule has 0 radical (unpaired) electrons. The molecule has 2 rings (SSSR count). The minimum Gasteiger partial charge on any atom is -0.463 e. The number of aryl methyl sites for hydroxylation is 1. The predicted octanol–water partition coefficient (Wildman–Crippen LogP) is 1.45. The number of furan rings is 1. The Labute approximate surface area is 103 Å². The molecule has 0 unspecified atom stereocenters. The van der Waals surface area contributed by atoms with Crippen LogP contribution in [-0.4, -0.2) is 11.8 Å². The third-order valence-corrected chi connectivity index (χ3v) is 2.62. The number of carbonyl (C=O) groups excluding carboxylic acids is 2. The zero-order valence-corrected chi connectivity index (χ0v) is 9.77. The lowest BCUT2D eigenvalue weighted by atomic mass is 10.0. The molecule has 4 N–H and O–H groups in total. The summed E-state index contributed by atoms with van der Waals surface area (Å²) in [5.41, 5.74) is 12.2. The lowest BCUT2D eigenvalue weighted by Crippen LogP contribution is -2.19. The van der Waals surface area contributed by atoms with E-state index in [2.05, 4.69) is 0 Å². The summed E-state index contributed by atoms with van der Waals surface area (Å²) in [6.07, 6.45) is 1.15. The van der Waals surface area contributed by atoms with Gasteiger partial charge in [0, 0.05) is 5.56 Å². The zero-order chi connectivity index (χ0) is 13.3. The molecule has 1 aromatic heterocycles. The van der Waals surface area contributed by atoms with Crippen LogP contribution in [0, 0.1) is 6.92 Å². The summed E-state index contributed by atoms with van der Waals surface area (Å²) in [7, 11) is 0. The van der Waals surface area contributed by atoms with Gasteiger partial charge in [-0.2, -0.15) is 0 Å². The second-order valence-electron chi connectivity index (χ2n) is 3.95. The van der Waals surface area contributed by atoms with E-state index in [4.69, 9.17) is 15.9 Å². The maximum Gasteiger partial charge on any atom is 0.253 e. The fourth-order valence-corrected chi connectivity index (χ4v) is 1.70. The van der Waals surface area contributed by atoms with Crippen LogP contribution in [0.5, 0.6) is 0 Å². The van der Waals surface area contributed by atoms with Crippen LogP contribution in [0.3, 0.4) is 0 Å². The maximum atomic E-state index is 11.4. The van der Waals surface area contributed by atoms with Gasteiger partial charge in [-0.25, -0.2) is 0 Å². The van der Waals surface area contributed by atoms with Crippen molar-refractivity contribution < 1.29 is 14.0 Å². The molecule has 0 spiro atoms. The van der Waals surface area contributed by atoms with Gasteiger partial charge in [0.25, 0.3) is 11.8 Å². The van der Waals surface area contributed by atoms with Crippen LogP contribution in [0.4, 0.5) is 0 Å². The minimum atomic E-state index is -0.745. The first-order valence-electron chi connectivity index (χ1n) is 5.29. The molecule has 18 heavy (non-hydrogen) atoms. The molecule has 5 heteroatoms. The van der Waals surface area contributed by atoms with Crippen molar-refractivity contribution >= 4 is 11.8 Å². The van der Waals surface area contributed by atoms with Crippen LogP contribution < -0.4 is 11.5 Å². The van der Waals surface area contributed by atoms with E-state index >= 15 is 0 Å². The van der Waals surface area contributed by atoms with Gasteiger partial charge in [0.15, 0.2) is 0 Å². The summed E-state index contributed by atoms with van der Waals surface area (Å²) < 4.78 is 5.24. The molecule has 0 atom stereocenters. The summed E-state index contributed by atoms with van der Waals surface area (Å²) in [6, 6.07) is 7.30. The first-order valence-corrected chi connectivity index (χ1v) is 5.29. The fraction of sp³-hybridized carbons (Fsp3) is 0.0769. The minimum absolute atomic E-state index is 0.00178. The van der Waals surface area contributed by atoms with Crippen LogP contribution in [-0.2, 0) is 0 Å². The van der Waals surface area contributed by atoms with Gasteiger partial charge in [-0.05, 0) is 6.92 Å². The van der Waals surface area contributed by atoms with E-state index in [1.807, 2.05) is 19.1 Å². The largest absolute Gasteiger partial charge is 0.463 e. The third kappa shape index (κ3) is 1.98. The molecular weight excluding hydrogens is 232 g/mol. The van der Waals surface area contributed by atoms with Crippen LogP contribution >= 0.6 is 0 Å². The lowest BCUT2D eigenvalue weighted by molar-refractivity contribution is 0.0968. The average Bonchev–Trinajstić information content (AvgIpc) is 2.74. The van der Waals surface area contributed by atoms with E-state index < -0.39 is 11.8 Å². The third-order valence-electron chi connectivity index (χ3n) is 2.62. The highest BCUT2D eigenvalue weighted by atomic mass is 16.3. The van der Waals surface area contributed by atoms with Crippen molar-refractivity contribution in [2.45, 2.75) is 6.92 Å². The van der Waals surface area contributed by atoms with E-state index in [1.165, 1.54) is 0 Å². The predicted molar refractivity (Wildman–Crippen MR) is 65.9 cm³/mol. The summed E-state index contributed by atoms with van der Waals surface area (Å²) in [6.45, 7) is 1.94. The Morgan fingerprint density at radius 1 is 1.06 bits per heavy atom. The van der Waals surface area contributed by atoms with Gasteiger partial charge >= 0.3 is 0 Å². The number of hydrogen-bond donors (Lipinski definition) is 2. The van der Waals surface area contributed by atoms with Gasteiger partial charge in [-0.3, -0.25) is 9.59 Å². The monoisotopic (exact) mass is 244 g/mol. The van der Waals surface area contributed by atoms with Crippen LogP contribution in [0.1, 0.15) is 26.3 Å². The summed E-state index contributed by atoms with van der Waals surface area (Å²) in [4.78, 5) is 22.6. The molecule has 1 heterocycles. The maximum absolute atomic E-state index is 11.4. The molecule has 5 nitrogen and oxygen atoms in total. The van der Waals surface area contributed by atoms with Gasteiger partial charge < -0.3 is 15.9 Å². The normalized spacial score (nSPS) is 10.3. The van der Waals surface area contributed by atoms with E-state index in [1.54, 1.807) is 12.1 Å². The van der Waals surface area contributed by atoms with Crippen molar-refractivity contribution in [1.29, 1.82) is 0 Å². The Morgan fingerprint density at radius 2 is 1.67 bits per heavy atom. The molecule has 0 fully saturated rings. The number of benzene rings is 1. The molecule has 0 bridgehead atoms. The summed E-state index contributed by atoms with van der Waals surface area (Å²) in [5, 5.41) is 0. The van der Waals surface area contributed by atoms with Gasteiger partial charge in [-0.15, -0.1) is 0 Å². The van der Waals surface area contributed by atoms with Gasteiger partial charge in [0.1, 0.15) is 12.0 Å². The van der Waals surface area contributed by atoms with Crippen LogP contribution in [0.25, 0.3) is 11.3 Å². The Bertz CT molecular complexity index is 612. The Kier molecular flexibility index (Phi) is 2.89. The van der Waals surface area contributed by atoms with E-state index in [0.717, 1.165) is 11.8 Å². The number of carbonyl (C=O) groups is 2. The van der Waals surface area contributed by atoms with Gasteiger partial charge in [0.05, 0.1) is 11.1 Å². The van der Waals surface area contributed by atoms with E-state index in [-0.39, 0.29) is 16.9 Å². The quantitative estimate of drug-likeness (QED) is 0.854. The van der Waals surface area contributed by atoms with E-state index in [0.29, 0.717) is 5.56 Å². The molecule has 92 valence electrons. The van der Waals surface area contributed by atoms with Crippen molar-refractivity contribution in [3.05, 3.63) is 47.2 Å². The number of nitrogens with two attached hydrogens (primary N) is 2. The lowest BCUT2D eigenvalue weighted by Gasteiger charge is -2.01. The molecule has 0 aliphatic rings. The standard InChI is InChI=1S/C13H12N2O3/c1-7-2-4-8(5-3-7)11-10(13(15)17)9(6-18-11)12(14)16/h2-6H,1H3,(H2,14,16)(H2,15,17). The van der Waals surface area contributed by atoms with Crippen molar-refractivity contribution in [3.8, 4) is 11.3 Å². The Hall–Kier alpha value is -2.56.